The Morgan fingerprint density at radius 2 is 2.50 bits per heavy atom. The van der Waals surface area contributed by atoms with Gasteiger partial charge < -0.3 is 10.6 Å². The lowest BCUT2D eigenvalue weighted by Gasteiger charge is -2.10. The van der Waals surface area contributed by atoms with Gasteiger partial charge in [-0.2, -0.15) is 0 Å². The van der Waals surface area contributed by atoms with Gasteiger partial charge in [-0.1, -0.05) is 0 Å². The van der Waals surface area contributed by atoms with Crippen molar-refractivity contribution in [1.82, 2.24) is 15.6 Å². The van der Waals surface area contributed by atoms with Crippen LogP contribution in [0.2, 0.25) is 0 Å². The third kappa shape index (κ3) is 3.68. The summed E-state index contributed by atoms with van der Waals surface area (Å²) in [4.78, 5) is 26.9. The standard InChI is InChI=1S/C11H14ClN3O2S/c12-4-8-6-18-11(15-8)3-10(17)13-5-7-1-2-9(16)14-7/h6-7H,1-5H2,(H,13,17)(H,14,16). The number of thiazole rings is 1. The van der Waals surface area contributed by atoms with E-state index in [2.05, 4.69) is 15.6 Å². The maximum atomic E-state index is 11.7. The summed E-state index contributed by atoms with van der Waals surface area (Å²) in [5.74, 6) is 0.346. The van der Waals surface area contributed by atoms with Gasteiger partial charge in [-0.3, -0.25) is 9.59 Å². The second-order valence-corrected chi connectivity index (χ2v) is 5.36. The Morgan fingerprint density at radius 1 is 1.67 bits per heavy atom. The number of carbonyl (C=O) groups excluding carboxylic acids is 2. The number of rotatable bonds is 5. The first kappa shape index (κ1) is 13.3. The molecule has 2 N–H and O–H groups in total. The lowest BCUT2D eigenvalue weighted by atomic mass is 10.2. The van der Waals surface area contributed by atoms with E-state index in [1.165, 1.54) is 11.3 Å². The summed E-state index contributed by atoms with van der Waals surface area (Å²) in [6.45, 7) is 0.484. The van der Waals surface area contributed by atoms with Gasteiger partial charge in [-0.05, 0) is 6.42 Å². The van der Waals surface area contributed by atoms with Gasteiger partial charge >= 0.3 is 0 Å². The van der Waals surface area contributed by atoms with Gasteiger partial charge in [0.2, 0.25) is 11.8 Å². The smallest absolute Gasteiger partial charge is 0.226 e. The van der Waals surface area contributed by atoms with E-state index >= 15 is 0 Å². The second-order valence-electron chi connectivity index (χ2n) is 4.15. The molecule has 0 aliphatic carbocycles. The van der Waals surface area contributed by atoms with E-state index < -0.39 is 0 Å². The second kappa shape index (κ2) is 6.15. The Balaban J connectivity index is 1.73. The summed E-state index contributed by atoms with van der Waals surface area (Å²) in [6.07, 6.45) is 1.60. The molecule has 1 atom stereocenters. The van der Waals surface area contributed by atoms with Crippen molar-refractivity contribution in [3.05, 3.63) is 16.1 Å². The fourth-order valence-electron chi connectivity index (χ4n) is 1.76. The zero-order valence-corrected chi connectivity index (χ0v) is 11.3. The maximum absolute atomic E-state index is 11.7. The van der Waals surface area contributed by atoms with Gasteiger partial charge in [0, 0.05) is 24.4 Å². The van der Waals surface area contributed by atoms with Crippen molar-refractivity contribution in [1.29, 1.82) is 0 Å². The van der Waals surface area contributed by atoms with Crippen molar-refractivity contribution in [2.45, 2.75) is 31.2 Å². The van der Waals surface area contributed by atoms with E-state index in [0.29, 0.717) is 18.8 Å². The Bertz CT molecular complexity index is 449. The number of aromatic nitrogens is 1. The van der Waals surface area contributed by atoms with Crippen LogP contribution in [0.5, 0.6) is 0 Å². The third-order valence-electron chi connectivity index (χ3n) is 2.68. The first-order chi connectivity index (χ1) is 8.67. The molecule has 5 nitrogen and oxygen atoms in total. The molecule has 98 valence electrons. The fraction of sp³-hybridized carbons (Fsp3) is 0.545. The van der Waals surface area contributed by atoms with Crippen LogP contribution >= 0.6 is 22.9 Å². The van der Waals surface area contributed by atoms with Crippen molar-refractivity contribution in [3.63, 3.8) is 0 Å². The van der Waals surface area contributed by atoms with Crippen LogP contribution in [0.3, 0.4) is 0 Å². The predicted molar refractivity (Wildman–Crippen MR) is 69.5 cm³/mol. The molecular weight excluding hydrogens is 274 g/mol. The topological polar surface area (TPSA) is 71.1 Å². The van der Waals surface area contributed by atoms with E-state index in [4.69, 9.17) is 11.6 Å². The molecule has 0 radical (unpaired) electrons. The largest absolute Gasteiger partial charge is 0.354 e. The number of hydrogen-bond donors (Lipinski definition) is 2. The molecule has 0 bridgehead atoms. The van der Waals surface area contributed by atoms with E-state index in [-0.39, 0.29) is 24.3 Å². The molecule has 2 heterocycles. The molecule has 1 saturated heterocycles. The highest BCUT2D eigenvalue weighted by molar-refractivity contribution is 7.09. The molecule has 2 amide bonds. The fourth-order valence-corrected chi connectivity index (χ4v) is 2.78. The lowest BCUT2D eigenvalue weighted by molar-refractivity contribution is -0.121. The summed E-state index contributed by atoms with van der Waals surface area (Å²) in [5.41, 5.74) is 0.799. The van der Waals surface area contributed by atoms with Crippen LogP contribution in [0.25, 0.3) is 0 Å². The zero-order chi connectivity index (χ0) is 13.0. The van der Waals surface area contributed by atoms with E-state index in [1.807, 2.05) is 5.38 Å². The number of alkyl halides is 1. The van der Waals surface area contributed by atoms with E-state index in [1.54, 1.807) is 0 Å². The van der Waals surface area contributed by atoms with Gasteiger partial charge in [0.05, 0.1) is 18.0 Å². The van der Waals surface area contributed by atoms with Crippen LogP contribution in [0.1, 0.15) is 23.5 Å². The Hall–Kier alpha value is -1.14. The van der Waals surface area contributed by atoms with Gasteiger partial charge in [-0.15, -0.1) is 22.9 Å². The van der Waals surface area contributed by atoms with Gasteiger partial charge in [0.25, 0.3) is 0 Å². The Morgan fingerprint density at radius 3 is 3.11 bits per heavy atom. The molecule has 0 saturated carbocycles. The van der Waals surface area contributed by atoms with Crippen LogP contribution in [0.4, 0.5) is 0 Å². The SMILES string of the molecule is O=C(Cc1nc(CCl)cs1)NCC1CCC(=O)N1. The quantitative estimate of drug-likeness (QED) is 0.788. The average molecular weight is 288 g/mol. The molecule has 1 aliphatic heterocycles. The number of carbonyl (C=O) groups is 2. The summed E-state index contributed by atoms with van der Waals surface area (Å²) in [5, 5.41) is 8.22. The van der Waals surface area contributed by atoms with Gasteiger partial charge in [0.15, 0.2) is 0 Å². The number of halogens is 1. The number of hydrogen-bond acceptors (Lipinski definition) is 4. The molecule has 2 rings (SSSR count). The first-order valence-electron chi connectivity index (χ1n) is 5.72. The van der Waals surface area contributed by atoms with Crippen molar-refractivity contribution >= 4 is 34.8 Å². The minimum atomic E-state index is -0.0772. The first-order valence-corrected chi connectivity index (χ1v) is 7.14. The molecule has 18 heavy (non-hydrogen) atoms. The third-order valence-corrected chi connectivity index (χ3v) is 3.85. The highest BCUT2D eigenvalue weighted by Crippen LogP contribution is 2.12. The zero-order valence-electron chi connectivity index (χ0n) is 9.74. The highest BCUT2D eigenvalue weighted by atomic mass is 35.5. The minimum Gasteiger partial charge on any atom is -0.354 e. The normalized spacial score (nSPS) is 18.7. The average Bonchev–Trinajstić information content (AvgIpc) is 2.95. The summed E-state index contributed by atoms with van der Waals surface area (Å²) in [7, 11) is 0. The van der Waals surface area contributed by atoms with Gasteiger partial charge in [0.1, 0.15) is 5.01 Å². The summed E-state index contributed by atoms with van der Waals surface area (Å²) in [6, 6.07) is 0.0659. The molecule has 0 spiro atoms. The van der Waals surface area contributed by atoms with Crippen LogP contribution < -0.4 is 10.6 Å². The van der Waals surface area contributed by atoms with Crippen LogP contribution in [-0.2, 0) is 21.9 Å². The van der Waals surface area contributed by atoms with Crippen molar-refractivity contribution in [2.75, 3.05) is 6.54 Å². The molecule has 1 fully saturated rings. The molecule has 1 unspecified atom stereocenters. The molecule has 7 heteroatoms. The Kier molecular flexibility index (Phi) is 4.54. The van der Waals surface area contributed by atoms with Crippen molar-refractivity contribution in [3.8, 4) is 0 Å². The molecular formula is C11H14ClN3O2S. The van der Waals surface area contributed by atoms with E-state index in [0.717, 1.165) is 17.1 Å². The lowest BCUT2D eigenvalue weighted by Crippen LogP contribution is -2.38. The van der Waals surface area contributed by atoms with Crippen molar-refractivity contribution in [2.24, 2.45) is 0 Å². The molecule has 1 aliphatic rings. The summed E-state index contributed by atoms with van der Waals surface area (Å²) >= 11 is 7.08. The number of nitrogens with one attached hydrogen (secondary N) is 2. The monoisotopic (exact) mass is 287 g/mol. The molecule has 1 aromatic heterocycles. The highest BCUT2D eigenvalue weighted by Gasteiger charge is 2.21. The molecule has 1 aromatic rings. The molecule has 0 aromatic carbocycles. The maximum Gasteiger partial charge on any atom is 0.226 e. The Labute approximate surface area is 114 Å². The van der Waals surface area contributed by atoms with Gasteiger partial charge in [-0.25, -0.2) is 4.98 Å². The number of amides is 2. The van der Waals surface area contributed by atoms with Crippen LogP contribution in [0, 0.1) is 0 Å². The predicted octanol–water partition coefficient (Wildman–Crippen LogP) is 0.819. The minimum absolute atomic E-state index is 0.0564. The van der Waals surface area contributed by atoms with Crippen LogP contribution in [0.15, 0.2) is 5.38 Å². The van der Waals surface area contributed by atoms with Crippen LogP contribution in [-0.4, -0.2) is 29.4 Å². The van der Waals surface area contributed by atoms with E-state index in [9.17, 15) is 9.59 Å². The van der Waals surface area contributed by atoms with Crippen molar-refractivity contribution < 1.29 is 9.59 Å². The number of nitrogens with zero attached hydrogens (tertiary/aromatic N) is 1. The summed E-state index contributed by atoms with van der Waals surface area (Å²) < 4.78 is 0.